The molecule has 0 radical (unpaired) electrons. The second-order valence-electron chi connectivity index (χ2n) is 11.6. The van der Waals surface area contributed by atoms with Gasteiger partial charge in [-0.2, -0.15) is 43.2 Å². The summed E-state index contributed by atoms with van der Waals surface area (Å²) in [6, 6.07) is 32.5. The minimum atomic E-state index is -6.39. The van der Waals surface area contributed by atoms with Gasteiger partial charge in [-0.05, 0) is 22.3 Å². The van der Waals surface area contributed by atoms with Crippen molar-refractivity contribution in [2.75, 3.05) is 13.2 Å². The van der Waals surface area contributed by atoms with Crippen LogP contribution in [0.1, 0.15) is 22.3 Å². The zero-order valence-electron chi connectivity index (χ0n) is 28.3. The molecular formula is C36H36F6O10S2. The number of alkyl halides is 6. The highest BCUT2D eigenvalue weighted by molar-refractivity contribution is 7.87. The number of benzene rings is 4. The van der Waals surface area contributed by atoms with Crippen LogP contribution >= 0.6 is 0 Å². The van der Waals surface area contributed by atoms with E-state index in [0.717, 1.165) is 0 Å². The Labute approximate surface area is 308 Å². The molecule has 54 heavy (non-hydrogen) atoms. The van der Waals surface area contributed by atoms with Gasteiger partial charge < -0.3 is 18.9 Å². The Hall–Kier alpha value is -3.88. The highest BCUT2D eigenvalue weighted by atomic mass is 32.2. The highest BCUT2D eigenvalue weighted by Crippen LogP contribution is 2.31. The van der Waals surface area contributed by atoms with Crippen LogP contribution in [0.15, 0.2) is 121 Å². The second kappa shape index (κ2) is 19.6. The largest absolute Gasteiger partial charge is 0.523 e. The molecule has 18 heteroatoms. The lowest BCUT2D eigenvalue weighted by molar-refractivity contribution is -0.189. The van der Waals surface area contributed by atoms with Crippen molar-refractivity contribution >= 4 is 20.2 Å². The lowest BCUT2D eigenvalue weighted by atomic mass is 10.0. The fourth-order valence-electron chi connectivity index (χ4n) is 4.86. The molecule has 0 aromatic heterocycles. The third kappa shape index (κ3) is 13.2. The van der Waals surface area contributed by atoms with E-state index in [0.29, 0.717) is 22.3 Å². The Balaban J connectivity index is 1.83. The summed E-state index contributed by atoms with van der Waals surface area (Å²) in [5.74, 6) is 0. The second-order valence-corrected chi connectivity index (χ2v) is 14.7. The van der Waals surface area contributed by atoms with Crippen molar-refractivity contribution in [2.24, 2.45) is 0 Å². The lowest BCUT2D eigenvalue weighted by Gasteiger charge is -2.37. The van der Waals surface area contributed by atoms with Gasteiger partial charge in [-0.1, -0.05) is 121 Å². The Morgan fingerprint density at radius 2 is 0.796 bits per heavy atom. The van der Waals surface area contributed by atoms with Gasteiger partial charge in [0.05, 0.1) is 39.6 Å². The van der Waals surface area contributed by atoms with E-state index in [1.807, 2.05) is 0 Å². The van der Waals surface area contributed by atoms with Gasteiger partial charge >= 0.3 is 31.3 Å². The van der Waals surface area contributed by atoms with Crippen LogP contribution < -0.4 is 0 Å². The molecule has 0 aliphatic carbocycles. The van der Waals surface area contributed by atoms with Crippen LogP contribution in [0, 0.1) is 0 Å². The third-order valence-electron chi connectivity index (χ3n) is 7.53. The van der Waals surface area contributed by atoms with Crippen LogP contribution in [-0.2, 0) is 74.0 Å². The molecule has 4 aromatic rings. The molecule has 0 N–H and O–H groups in total. The normalized spacial score (nSPS) is 15.0. The van der Waals surface area contributed by atoms with E-state index >= 15 is 0 Å². The van der Waals surface area contributed by atoms with Gasteiger partial charge in [-0.15, -0.1) is 0 Å². The van der Waals surface area contributed by atoms with E-state index < -0.39 is 88.7 Å². The van der Waals surface area contributed by atoms with Crippen LogP contribution in [0.3, 0.4) is 0 Å². The molecule has 0 amide bonds. The van der Waals surface area contributed by atoms with Crippen molar-refractivity contribution in [3.63, 3.8) is 0 Å². The van der Waals surface area contributed by atoms with Crippen molar-refractivity contribution in [2.45, 2.75) is 61.9 Å². The minimum absolute atomic E-state index is 0.241. The average molecular weight is 807 g/mol. The molecule has 4 aromatic carbocycles. The number of hydrogen-bond acceptors (Lipinski definition) is 10. The van der Waals surface area contributed by atoms with E-state index in [-0.39, 0.29) is 6.61 Å². The molecule has 0 heterocycles. The van der Waals surface area contributed by atoms with Crippen molar-refractivity contribution in [1.29, 1.82) is 0 Å². The summed E-state index contributed by atoms with van der Waals surface area (Å²) in [6.07, 6.45) is -7.96. The number of rotatable bonds is 21. The van der Waals surface area contributed by atoms with Gasteiger partial charge in [-0.3, -0.25) is 8.37 Å². The predicted octanol–water partition coefficient (Wildman–Crippen LogP) is 7.06. The first-order valence-electron chi connectivity index (χ1n) is 16.1. The van der Waals surface area contributed by atoms with E-state index in [4.69, 9.17) is 23.1 Å². The number of hydrogen-bond donors (Lipinski definition) is 0. The summed E-state index contributed by atoms with van der Waals surface area (Å²) >= 11 is 0. The fraction of sp³-hybridized carbons (Fsp3) is 0.333. The summed E-state index contributed by atoms with van der Waals surface area (Å²) in [5, 5.41) is 0. The SMILES string of the molecule is O=S(=O)(OC[C@H](OCc1ccccc1)[C@@H](OCc1ccccc1)[C@H](OCc1ccccc1)[C@@H](COCc1ccccc1)OS(=O)(=O)C(F)(F)F)C(F)(F)F. The molecule has 0 unspecified atom stereocenters. The first kappa shape index (κ1) is 42.9. The molecule has 4 rings (SSSR count). The average Bonchev–Trinajstić information content (AvgIpc) is 3.13. The van der Waals surface area contributed by atoms with E-state index in [1.54, 1.807) is 121 Å². The molecule has 0 saturated carbocycles. The van der Waals surface area contributed by atoms with Crippen LogP contribution in [-0.4, -0.2) is 65.5 Å². The molecule has 10 nitrogen and oxygen atoms in total. The standard InChI is InChI=1S/C36H36F6O10S2/c37-35(38,39)53(43,44)51-26-31(48-22-28-15-7-2-8-16-28)33(49-23-29-17-9-3-10-18-29)34(50-24-30-19-11-4-12-20-30)32(52-54(45,46)36(40,41)42)25-47-21-27-13-5-1-6-14-27/h1-20,31-34H,21-26H2/t31-,32+,33+,34+/m0/s1. The number of ether oxygens (including phenoxy) is 4. The highest BCUT2D eigenvalue weighted by Gasteiger charge is 2.52. The van der Waals surface area contributed by atoms with Crippen molar-refractivity contribution in [3.05, 3.63) is 144 Å². The summed E-state index contributed by atoms with van der Waals surface area (Å²) < 4.78 is 164. The van der Waals surface area contributed by atoms with Crippen molar-refractivity contribution in [1.82, 2.24) is 0 Å². The van der Waals surface area contributed by atoms with Crippen LogP contribution in [0.4, 0.5) is 26.3 Å². The van der Waals surface area contributed by atoms with Gasteiger partial charge in [0.1, 0.15) is 24.4 Å². The smallest absolute Gasteiger partial charge is 0.374 e. The van der Waals surface area contributed by atoms with Crippen LogP contribution in [0.25, 0.3) is 0 Å². The Morgan fingerprint density at radius 1 is 0.444 bits per heavy atom. The monoisotopic (exact) mass is 806 g/mol. The fourth-order valence-corrected chi connectivity index (χ4v) is 5.91. The molecule has 4 atom stereocenters. The van der Waals surface area contributed by atoms with Crippen molar-refractivity contribution < 1.29 is 70.5 Å². The maximum absolute atomic E-state index is 13.9. The first-order chi connectivity index (χ1) is 25.6. The molecule has 0 aliphatic rings. The van der Waals surface area contributed by atoms with Crippen molar-refractivity contribution in [3.8, 4) is 0 Å². The zero-order valence-corrected chi connectivity index (χ0v) is 29.9. The Morgan fingerprint density at radius 3 is 1.19 bits per heavy atom. The van der Waals surface area contributed by atoms with Gasteiger partial charge in [0.25, 0.3) is 0 Å². The Bertz CT molecular complexity index is 1900. The summed E-state index contributed by atoms with van der Waals surface area (Å²) in [4.78, 5) is 0. The predicted molar refractivity (Wildman–Crippen MR) is 182 cm³/mol. The summed E-state index contributed by atoms with van der Waals surface area (Å²) in [5.41, 5.74) is -9.91. The minimum Gasteiger partial charge on any atom is -0.374 e. The number of halogens is 6. The molecule has 0 saturated heterocycles. The molecule has 0 fully saturated rings. The molecule has 0 bridgehead atoms. The molecule has 294 valence electrons. The maximum atomic E-state index is 13.9. The van der Waals surface area contributed by atoms with Crippen LogP contribution in [0.5, 0.6) is 0 Å². The Kier molecular flexibility index (Phi) is 15.6. The van der Waals surface area contributed by atoms with Gasteiger partial charge in [0, 0.05) is 0 Å². The summed E-state index contributed by atoms with van der Waals surface area (Å²) in [6.45, 7) is -3.75. The third-order valence-corrected chi connectivity index (χ3v) is 9.61. The van der Waals surface area contributed by atoms with E-state index in [1.165, 1.54) is 0 Å². The molecule has 0 aliphatic heterocycles. The quantitative estimate of drug-likeness (QED) is 0.0492. The van der Waals surface area contributed by atoms with Gasteiger partial charge in [0.2, 0.25) is 0 Å². The van der Waals surface area contributed by atoms with Crippen LogP contribution in [0.2, 0.25) is 0 Å². The lowest BCUT2D eigenvalue weighted by Crippen LogP contribution is -2.53. The van der Waals surface area contributed by atoms with Gasteiger partial charge in [-0.25, -0.2) is 0 Å². The van der Waals surface area contributed by atoms with Gasteiger partial charge in [0.15, 0.2) is 0 Å². The van der Waals surface area contributed by atoms with E-state index in [9.17, 15) is 43.2 Å². The molecular weight excluding hydrogens is 771 g/mol. The molecule has 0 spiro atoms. The summed E-state index contributed by atoms with van der Waals surface area (Å²) in [7, 11) is -12.6. The zero-order chi connectivity index (χ0) is 39.2. The topological polar surface area (TPSA) is 124 Å². The van der Waals surface area contributed by atoms with E-state index in [2.05, 4.69) is 4.18 Å². The maximum Gasteiger partial charge on any atom is 0.523 e. The first-order valence-corrected chi connectivity index (χ1v) is 18.9.